The summed E-state index contributed by atoms with van der Waals surface area (Å²) in [4.78, 5) is 12.1. The molecule has 2 rings (SSSR count). The average molecular weight is 285 g/mol. The van der Waals surface area contributed by atoms with E-state index in [9.17, 15) is 9.90 Å². The van der Waals surface area contributed by atoms with Gasteiger partial charge in [0.2, 0.25) is 5.91 Å². The summed E-state index contributed by atoms with van der Waals surface area (Å²) >= 11 is 6.01. The lowest BCUT2D eigenvalue weighted by atomic mass is 10.1. The second-order valence-corrected chi connectivity index (χ2v) is 5.05. The SMILES string of the molecule is COc1cc(Cl)c(C)cc1NC(=O)C1CC(O)CN1. The third-order valence-corrected chi connectivity index (χ3v) is 3.57. The topological polar surface area (TPSA) is 70.6 Å². The van der Waals surface area contributed by atoms with Gasteiger partial charge in [-0.15, -0.1) is 0 Å². The predicted octanol–water partition coefficient (Wildman–Crippen LogP) is 1.32. The molecule has 0 radical (unpaired) electrons. The number of halogens is 1. The van der Waals surface area contributed by atoms with Crippen LogP contribution in [-0.4, -0.2) is 36.8 Å². The van der Waals surface area contributed by atoms with Crippen LogP contribution in [0.4, 0.5) is 5.69 Å². The van der Waals surface area contributed by atoms with E-state index in [0.717, 1.165) is 5.56 Å². The van der Waals surface area contributed by atoms with E-state index in [-0.39, 0.29) is 11.9 Å². The molecule has 1 amide bonds. The van der Waals surface area contributed by atoms with Gasteiger partial charge in [-0.3, -0.25) is 4.79 Å². The maximum atomic E-state index is 12.1. The Kier molecular flexibility index (Phi) is 4.29. The number of β-amino-alcohol motifs (C(OH)–C–C–N with tert-alkyl or cyclic N) is 1. The summed E-state index contributed by atoms with van der Waals surface area (Å²) in [6.45, 7) is 2.30. The van der Waals surface area contributed by atoms with Crippen LogP contribution in [0.15, 0.2) is 12.1 Å². The fourth-order valence-corrected chi connectivity index (χ4v) is 2.22. The molecule has 0 bridgehead atoms. The molecule has 0 aromatic heterocycles. The molecule has 0 saturated carbocycles. The number of rotatable bonds is 3. The molecule has 1 heterocycles. The van der Waals surface area contributed by atoms with Crippen molar-refractivity contribution in [1.82, 2.24) is 5.32 Å². The van der Waals surface area contributed by atoms with E-state index in [4.69, 9.17) is 16.3 Å². The zero-order chi connectivity index (χ0) is 14.0. The summed E-state index contributed by atoms with van der Waals surface area (Å²) in [5, 5.41) is 15.8. The fraction of sp³-hybridized carbons (Fsp3) is 0.462. The first-order chi connectivity index (χ1) is 9.01. The third kappa shape index (κ3) is 3.18. The Bertz CT molecular complexity index is 493. The van der Waals surface area contributed by atoms with Gasteiger partial charge in [0.15, 0.2) is 0 Å². The van der Waals surface area contributed by atoms with Gasteiger partial charge in [0.25, 0.3) is 0 Å². The molecule has 5 nitrogen and oxygen atoms in total. The van der Waals surface area contributed by atoms with Gasteiger partial charge in [-0.25, -0.2) is 0 Å². The van der Waals surface area contributed by atoms with E-state index >= 15 is 0 Å². The lowest BCUT2D eigenvalue weighted by Gasteiger charge is -2.15. The van der Waals surface area contributed by atoms with Crippen molar-refractivity contribution in [2.75, 3.05) is 19.0 Å². The minimum atomic E-state index is -0.468. The van der Waals surface area contributed by atoms with Crippen LogP contribution in [-0.2, 0) is 4.79 Å². The molecular formula is C13H17ClN2O3. The summed E-state index contributed by atoms with van der Waals surface area (Å²) in [7, 11) is 1.52. The van der Waals surface area contributed by atoms with Crippen LogP contribution < -0.4 is 15.4 Å². The number of hydrogen-bond donors (Lipinski definition) is 3. The molecule has 6 heteroatoms. The number of carbonyl (C=O) groups is 1. The maximum absolute atomic E-state index is 12.1. The van der Waals surface area contributed by atoms with Gasteiger partial charge in [0.05, 0.1) is 24.9 Å². The Morgan fingerprint density at radius 2 is 2.32 bits per heavy atom. The molecule has 104 valence electrons. The predicted molar refractivity (Wildman–Crippen MR) is 73.8 cm³/mol. The highest BCUT2D eigenvalue weighted by Gasteiger charge is 2.28. The van der Waals surface area contributed by atoms with Crippen molar-refractivity contribution in [2.45, 2.75) is 25.5 Å². The molecule has 1 aromatic rings. The van der Waals surface area contributed by atoms with Crippen LogP contribution in [0.25, 0.3) is 0 Å². The lowest BCUT2D eigenvalue weighted by Crippen LogP contribution is -2.35. The number of amides is 1. The summed E-state index contributed by atoms with van der Waals surface area (Å²) in [6, 6.07) is 3.06. The van der Waals surface area contributed by atoms with Crippen LogP contribution in [0, 0.1) is 6.92 Å². The Hall–Kier alpha value is -1.30. The van der Waals surface area contributed by atoms with Crippen LogP contribution in [0.5, 0.6) is 5.75 Å². The van der Waals surface area contributed by atoms with Crippen molar-refractivity contribution in [3.05, 3.63) is 22.7 Å². The highest BCUT2D eigenvalue weighted by Crippen LogP contribution is 2.31. The minimum absolute atomic E-state index is 0.184. The minimum Gasteiger partial charge on any atom is -0.495 e. The van der Waals surface area contributed by atoms with Gasteiger partial charge in [0, 0.05) is 17.6 Å². The summed E-state index contributed by atoms with van der Waals surface area (Å²) in [5.41, 5.74) is 1.44. The van der Waals surface area contributed by atoms with Gasteiger partial charge in [-0.05, 0) is 25.0 Å². The number of hydrogen-bond acceptors (Lipinski definition) is 4. The molecule has 2 atom stereocenters. The van der Waals surface area contributed by atoms with E-state index < -0.39 is 6.10 Å². The van der Waals surface area contributed by atoms with Crippen LogP contribution in [0.3, 0.4) is 0 Å². The molecular weight excluding hydrogens is 268 g/mol. The fourth-order valence-electron chi connectivity index (χ4n) is 2.07. The van der Waals surface area contributed by atoms with Crippen LogP contribution in [0.2, 0.25) is 5.02 Å². The molecule has 2 unspecified atom stereocenters. The Morgan fingerprint density at radius 1 is 1.58 bits per heavy atom. The van der Waals surface area contributed by atoms with Gasteiger partial charge in [-0.2, -0.15) is 0 Å². The monoisotopic (exact) mass is 284 g/mol. The van der Waals surface area contributed by atoms with Gasteiger partial charge >= 0.3 is 0 Å². The summed E-state index contributed by atoms with van der Waals surface area (Å²) < 4.78 is 5.20. The number of carbonyl (C=O) groups excluding carboxylic acids is 1. The van der Waals surface area contributed by atoms with E-state index in [0.29, 0.717) is 29.4 Å². The molecule has 1 aromatic carbocycles. The molecule has 0 spiro atoms. The van der Waals surface area contributed by atoms with E-state index in [1.54, 1.807) is 12.1 Å². The zero-order valence-corrected chi connectivity index (χ0v) is 11.6. The molecule has 1 aliphatic heterocycles. The molecule has 3 N–H and O–H groups in total. The van der Waals surface area contributed by atoms with Crippen LogP contribution >= 0.6 is 11.6 Å². The van der Waals surface area contributed by atoms with Crippen molar-refractivity contribution in [3.63, 3.8) is 0 Å². The standard InChI is InChI=1S/C13H17ClN2O3/c1-7-3-10(12(19-2)5-9(7)14)16-13(18)11-4-8(17)6-15-11/h3,5,8,11,15,17H,4,6H2,1-2H3,(H,16,18). The third-order valence-electron chi connectivity index (χ3n) is 3.16. The van der Waals surface area contributed by atoms with Crippen molar-refractivity contribution in [3.8, 4) is 5.75 Å². The first kappa shape index (κ1) is 14.1. The zero-order valence-electron chi connectivity index (χ0n) is 10.9. The number of aryl methyl sites for hydroxylation is 1. The van der Waals surface area contributed by atoms with Crippen molar-refractivity contribution >= 4 is 23.2 Å². The Morgan fingerprint density at radius 3 is 2.89 bits per heavy atom. The van der Waals surface area contributed by atoms with Crippen molar-refractivity contribution < 1.29 is 14.6 Å². The smallest absolute Gasteiger partial charge is 0.241 e. The number of nitrogens with one attached hydrogen (secondary N) is 2. The first-order valence-electron chi connectivity index (χ1n) is 6.07. The number of anilines is 1. The first-order valence-corrected chi connectivity index (χ1v) is 6.45. The molecule has 0 aliphatic carbocycles. The number of aliphatic hydroxyl groups excluding tert-OH is 1. The largest absolute Gasteiger partial charge is 0.495 e. The van der Waals surface area contributed by atoms with E-state index in [2.05, 4.69) is 10.6 Å². The quantitative estimate of drug-likeness (QED) is 0.783. The van der Waals surface area contributed by atoms with Gasteiger partial charge in [0.1, 0.15) is 5.75 Å². The average Bonchev–Trinajstić information content (AvgIpc) is 2.80. The molecule has 1 fully saturated rings. The van der Waals surface area contributed by atoms with E-state index in [1.807, 2.05) is 6.92 Å². The van der Waals surface area contributed by atoms with Crippen LogP contribution in [0.1, 0.15) is 12.0 Å². The summed E-state index contributed by atoms with van der Waals surface area (Å²) in [6.07, 6.45) is -0.0506. The summed E-state index contributed by atoms with van der Waals surface area (Å²) in [5.74, 6) is 0.332. The second kappa shape index (κ2) is 5.77. The maximum Gasteiger partial charge on any atom is 0.241 e. The van der Waals surface area contributed by atoms with Gasteiger partial charge < -0.3 is 20.5 Å². The lowest BCUT2D eigenvalue weighted by molar-refractivity contribution is -0.117. The van der Waals surface area contributed by atoms with Crippen molar-refractivity contribution in [1.29, 1.82) is 0 Å². The Labute approximate surface area is 116 Å². The second-order valence-electron chi connectivity index (χ2n) is 4.64. The molecule has 1 saturated heterocycles. The number of methoxy groups -OCH3 is 1. The normalized spacial score (nSPS) is 22.3. The van der Waals surface area contributed by atoms with Gasteiger partial charge in [-0.1, -0.05) is 11.6 Å². The molecule has 19 heavy (non-hydrogen) atoms. The highest BCUT2D eigenvalue weighted by atomic mass is 35.5. The van der Waals surface area contributed by atoms with Crippen molar-refractivity contribution in [2.24, 2.45) is 0 Å². The highest BCUT2D eigenvalue weighted by molar-refractivity contribution is 6.31. The number of aliphatic hydroxyl groups is 1. The Balaban J connectivity index is 2.14. The molecule has 1 aliphatic rings. The van der Waals surface area contributed by atoms with E-state index in [1.165, 1.54) is 7.11 Å². The number of ether oxygens (including phenoxy) is 1. The number of benzene rings is 1.